The molecule has 1 aliphatic heterocycles. The van der Waals surface area contributed by atoms with Gasteiger partial charge >= 0.3 is 0 Å². The zero-order chi connectivity index (χ0) is 20.9. The molecule has 1 unspecified atom stereocenters. The number of carbonyl (C=O) groups excluding carboxylic acids is 1. The Labute approximate surface area is 177 Å². The maximum atomic E-state index is 11.4. The fraction of sp³-hybridized carbons (Fsp3) is 0.500. The van der Waals surface area contributed by atoms with Gasteiger partial charge in [0, 0.05) is 37.3 Å². The van der Waals surface area contributed by atoms with Crippen molar-refractivity contribution in [2.75, 3.05) is 31.2 Å². The fourth-order valence-electron chi connectivity index (χ4n) is 3.81. The highest BCUT2D eigenvalue weighted by molar-refractivity contribution is 5.80. The van der Waals surface area contributed by atoms with Crippen LogP contribution < -0.4 is 14.4 Å². The van der Waals surface area contributed by atoms with Crippen LogP contribution in [0.25, 0.3) is 0 Å². The van der Waals surface area contributed by atoms with Gasteiger partial charge in [-0.2, -0.15) is 0 Å². The van der Waals surface area contributed by atoms with Gasteiger partial charge < -0.3 is 19.5 Å². The molecular formula is C24H30N2O4. The van der Waals surface area contributed by atoms with Crippen LogP contribution in [0.5, 0.6) is 11.6 Å². The first-order chi connectivity index (χ1) is 14.6. The number of aromatic nitrogens is 1. The Morgan fingerprint density at radius 1 is 1.23 bits per heavy atom. The van der Waals surface area contributed by atoms with Gasteiger partial charge in [-0.15, -0.1) is 0 Å². The second kappa shape index (κ2) is 9.47. The minimum atomic E-state index is -0.394. The summed E-state index contributed by atoms with van der Waals surface area (Å²) < 4.78 is 12.0. The van der Waals surface area contributed by atoms with Crippen molar-refractivity contribution in [3.63, 3.8) is 0 Å². The highest BCUT2D eigenvalue weighted by Crippen LogP contribution is 2.30. The topological polar surface area (TPSA) is 71.9 Å². The molecule has 2 atom stereocenters. The number of anilines is 1. The van der Waals surface area contributed by atoms with Crippen LogP contribution >= 0.6 is 0 Å². The Bertz CT molecular complexity index is 851. The van der Waals surface area contributed by atoms with E-state index in [2.05, 4.69) is 9.88 Å². The summed E-state index contributed by atoms with van der Waals surface area (Å²) in [6.07, 6.45) is 5.80. The van der Waals surface area contributed by atoms with Crippen LogP contribution in [0.2, 0.25) is 0 Å². The number of ether oxygens (including phenoxy) is 2. The zero-order valence-corrected chi connectivity index (χ0v) is 17.5. The molecule has 2 aliphatic rings. The summed E-state index contributed by atoms with van der Waals surface area (Å²) in [7, 11) is 0. The third kappa shape index (κ3) is 5.51. The Morgan fingerprint density at radius 2 is 2.03 bits per heavy atom. The quantitative estimate of drug-likeness (QED) is 0.646. The summed E-state index contributed by atoms with van der Waals surface area (Å²) in [6, 6.07) is 12.0. The highest BCUT2D eigenvalue weighted by atomic mass is 16.5. The zero-order valence-electron chi connectivity index (χ0n) is 17.5. The average Bonchev–Trinajstić information content (AvgIpc) is 3.49. The van der Waals surface area contributed by atoms with Crippen LogP contribution in [-0.2, 0) is 4.79 Å². The van der Waals surface area contributed by atoms with E-state index >= 15 is 0 Å². The van der Waals surface area contributed by atoms with Crippen LogP contribution in [-0.4, -0.2) is 48.3 Å². The largest absolute Gasteiger partial charge is 0.489 e. The first-order valence-corrected chi connectivity index (χ1v) is 10.8. The molecule has 1 aliphatic carbocycles. The third-order valence-corrected chi connectivity index (χ3v) is 5.85. The van der Waals surface area contributed by atoms with E-state index in [0.717, 1.165) is 43.1 Å². The van der Waals surface area contributed by atoms with E-state index in [9.17, 15) is 4.79 Å². The van der Waals surface area contributed by atoms with E-state index in [4.69, 9.17) is 14.6 Å². The van der Waals surface area contributed by atoms with E-state index in [1.165, 1.54) is 12.8 Å². The van der Waals surface area contributed by atoms with Gasteiger partial charge in [-0.3, -0.25) is 4.79 Å². The van der Waals surface area contributed by atoms with Crippen molar-refractivity contribution in [2.24, 2.45) is 5.92 Å². The van der Waals surface area contributed by atoms with Gasteiger partial charge in [0.25, 0.3) is 0 Å². The lowest BCUT2D eigenvalue weighted by molar-refractivity contribution is -0.122. The number of Topliss-reactive ketones (excluding diaryl/α,β-unsaturated/α-hetero) is 1. The number of carbonyl (C=O) groups is 1. The Kier molecular flexibility index (Phi) is 6.53. The molecule has 2 aromatic rings. The van der Waals surface area contributed by atoms with Crippen molar-refractivity contribution in [2.45, 2.75) is 44.6 Å². The predicted molar refractivity (Wildman–Crippen MR) is 115 cm³/mol. The molecule has 2 heterocycles. The van der Waals surface area contributed by atoms with Gasteiger partial charge in [-0.25, -0.2) is 4.98 Å². The molecule has 4 rings (SSSR count). The minimum absolute atomic E-state index is 0.0868. The summed E-state index contributed by atoms with van der Waals surface area (Å²) >= 11 is 0. The molecule has 1 N–H and O–H groups in total. The molecule has 1 saturated carbocycles. The third-order valence-electron chi connectivity index (χ3n) is 5.85. The summed E-state index contributed by atoms with van der Waals surface area (Å²) in [6.45, 7) is 4.14. The molecule has 1 aromatic heterocycles. The normalized spacial score (nSPS) is 19.5. The molecule has 0 radical (unpaired) electrons. The van der Waals surface area contributed by atoms with E-state index in [1.54, 1.807) is 0 Å². The summed E-state index contributed by atoms with van der Waals surface area (Å²) in [5.41, 5.74) is 2.20. The summed E-state index contributed by atoms with van der Waals surface area (Å²) in [4.78, 5) is 18.1. The van der Waals surface area contributed by atoms with Crippen molar-refractivity contribution >= 4 is 11.5 Å². The standard InChI is InChI=1S/C24H30N2O4/c1-17(12-21(28)15-27)19-4-6-22(7-5-19)30-23-9-11-26(14-23)20-8-10-25-24(13-20)29-16-18-2-3-18/h4-8,10,13,17-18,23,27H,2-3,9,11-12,14-16H2,1H3/t17-,23?/m1/s1. The van der Waals surface area contributed by atoms with Crippen molar-refractivity contribution in [1.29, 1.82) is 0 Å². The van der Waals surface area contributed by atoms with E-state index < -0.39 is 6.61 Å². The smallest absolute Gasteiger partial charge is 0.215 e. The molecule has 0 amide bonds. The minimum Gasteiger partial charge on any atom is -0.489 e. The molecule has 0 spiro atoms. The number of hydrogen-bond acceptors (Lipinski definition) is 6. The molecule has 30 heavy (non-hydrogen) atoms. The average molecular weight is 411 g/mol. The van der Waals surface area contributed by atoms with Gasteiger partial charge in [-0.05, 0) is 48.4 Å². The Morgan fingerprint density at radius 3 is 2.77 bits per heavy atom. The second-order valence-corrected chi connectivity index (χ2v) is 8.45. The van der Waals surface area contributed by atoms with Gasteiger partial charge in [-0.1, -0.05) is 19.1 Å². The number of pyridine rings is 1. The molecule has 1 saturated heterocycles. The monoisotopic (exact) mass is 410 g/mol. The van der Waals surface area contributed by atoms with Crippen LogP contribution in [0.4, 0.5) is 5.69 Å². The summed E-state index contributed by atoms with van der Waals surface area (Å²) in [5, 5.41) is 8.92. The van der Waals surface area contributed by atoms with E-state index in [-0.39, 0.29) is 17.8 Å². The number of aliphatic hydroxyl groups excluding tert-OH is 1. The van der Waals surface area contributed by atoms with Gasteiger partial charge in [0.05, 0.1) is 13.2 Å². The summed E-state index contributed by atoms with van der Waals surface area (Å²) in [5.74, 6) is 2.21. The fourth-order valence-corrected chi connectivity index (χ4v) is 3.81. The molecule has 0 bridgehead atoms. The van der Waals surface area contributed by atoms with E-state index in [0.29, 0.717) is 18.2 Å². The van der Waals surface area contributed by atoms with Crippen LogP contribution in [0.15, 0.2) is 42.6 Å². The lowest BCUT2D eigenvalue weighted by atomic mass is 9.96. The molecule has 160 valence electrons. The lowest BCUT2D eigenvalue weighted by Crippen LogP contribution is -2.24. The molecule has 6 heteroatoms. The lowest BCUT2D eigenvalue weighted by Gasteiger charge is -2.20. The number of benzene rings is 1. The second-order valence-electron chi connectivity index (χ2n) is 8.45. The predicted octanol–water partition coefficient (Wildman–Crippen LogP) is 3.58. The van der Waals surface area contributed by atoms with Crippen molar-refractivity contribution in [3.05, 3.63) is 48.2 Å². The first kappa shape index (κ1) is 20.7. The number of ketones is 1. The van der Waals surface area contributed by atoms with Gasteiger partial charge in [0.1, 0.15) is 18.5 Å². The first-order valence-electron chi connectivity index (χ1n) is 10.8. The van der Waals surface area contributed by atoms with Crippen LogP contribution in [0, 0.1) is 5.92 Å². The van der Waals surface area contributed by atoms with E-state index in [1.807, 2.05) is 49.5 Å². The molecule has 6 nitrogen and oxygen atoms in total. The van der Waals surface area contributed by atoms with Crippen molar-refractivity contribution < 1.29 is 19.4 Å². The number of nitrogens with zero attached hydrogens (tertiary/aromatic N) is 2. The SMILES string of the molecule is C[C@H](CC(=O)CO)c1ccc(OC2CCN(c3ccnc(OCC4CC4)c3)C2)cc1. The van der Waals surface area contributed by atoms with Crippen LogP contribution in [0.3, 0.4) is 0 Å². The Balaban J connectivity index is 1.29. The number of hydrogen-bond donors (Lipinski definition) is 1. The van der Waals surface area contributed by atoms with Gasteiger partial charge in [0.15, 0.2) is 5.78 Å². The van der Waals surface area contributed by atoms with Gasteiger partial charge in [0.2, 0.25) is 5.88 Å². The maximum absolute atomic E-state index is 11.4. The molecular weight excluding hydrogens is 380 g/mol. The maximum Gasteiger partial charge on any atom is 0.215 e. The highest BCUT2D eigenvalue weighted by Gasteiger charge is 2.25. The van der Waals surface area contributed by atoms with Crippen molar-refractivity contribution in [1.82, 2.24) is 4.98 Å². The van der Waals surface area contributed by atoms with Crippen LogP contribution in [0.1, 0.15) is 44.1 Å². The van der Waals surface area contributed by atoms with Crippen molar-refractivity contribution in [3.8, 4) is 11.6 Å². The Hall–Kier alpha value is -2.60. The molecule has 2 fully saturated rings. The number of aliphatic hydroxyl groups is 1. The molecule has 1 aromatic carbocycles. The number of rotatable bonds is 10.